The molecule has 4 atom stereocenters. The summed E-state index contributed by atoms with van der Waals surface area (Å²) >= 11 is 6.02. The second-order valence-electron chi connectivity index (χ2n) is 8.80. The summed E-state index contributed by atoms with van der Waals surface area (Å²) in [4.78, 5) is 14.7. The van der Waals surface area contributed by atoms with E-state index in [4.69, 9.17) is 21.1 Å². The van der Waals surface area contributed by atoms with Gasteiger partial charge in [0.15, 0.2) is 0 Å². The van der Waals surface area contributed by atoms with Gasteiger partial charge in [-0.05, 0) is 48.2 Å². The van der Waals surface area contributed by atoms with Crippen molar-refractivity contribution < 1.29 is 23.8 Å². The fourth-order valence-corrected chi connectivity index (χ4v) is 4.70. The van der Waals surface area contributed by atoms with Crippen molar-refractivity contribution in [2.75, 3.05) is 19.8 Å². The van der Waals surface area contributed by atoms with Crippen LogP contribution in [0.1, 0.15) is 30.4 Å². The molecule has 2 N–H and O–H groups in total. The molecular weight excluding hydrogens is 447 g/mol. The maximum Gasteiger partial charge on any atom is 0.222 e. The molecule has 0 aliphatic carbocycles. The van der Waals surface area contributed by atoms with Crippen molar-refractivity contribution in [1.29, 1.82) is 0 Å². The number of hydrogen-bond acceptors (Lipinski definition) is 5. The molecule has 2 aromatic carbocycles. The Morgan fingerprint density at radius 1 is 1.15 bits per heavy atom. The maximum absolute atomic E-state index is 13.3. The maximum atomic E-state index is 13.3. The number of β-amino-alcohol motifs (C(OH)–C–C–N with tert-alkyl or cyclic N) is 1. The quantitative estimate of drug-likeness (QED) is 0.669. The monoisotopic (exact) mass is 476 g/mol. The summed E-state index contributed by atoms with van der Waals surface area (Å²) < 4.78 is 25.3. The van der Waals surface area contributed by atoms with Gasteiger partial charge in [-0.3, -0.25) is 9.69 Å². The molecule has 2 aliphatic heterocycles. The molecule has 178 valence electrons. The summed E-state index contributed by atoms with van der Waals surface area (Å²) in [6, 6.07) is 14.0. The molecule has 0 spiro atoms. The number of carbonyl (C=O) groups excluding carboxylic acids is 1. The van der Waals surface area contributed by atoms with Crippen LogP contribution in [0.2, 0.25) is 5.02 Å². The van der Waals surface area contributed by atoms with Gasteiger partial charge in [-0.2, -0.15) is 0 Å². The molecule has 1 amide bonds. The van der Waals surface area contributed by atoms with E-state index in [1.165, 1.54) is 12.1 Å². The van der Waals surface area contributed by atoms with Crippen LogP contribution >= 0.6 is 11.6 Å². The number of amides is 1. The zero-order chi connectivity index (χ0) is 23.2. The Morgan fingerprint density at radius 3 is 2.76 bits per heavy atom. The molecule has 2 fully saturated rings. The number of hydrogen-bond donors (Lipinski definition) is 2. The molecule has 0 radical (unpaired) electrons. The van der Waals surface area contributed by atoms with E-state index < -0.39 is 6.10 Å². The Kier molecular flexibility index (Phi) is 8.33. The summed E-state index contributed by atoms with van der Waals surface area (Å²) in [5.41, 5.74) is 1.84. The number of halogens is 2. The number of benzene rings is 2. The molecule has 2 aromatic rings. The first kappa shape index (κ1) is 24.1. The van der Waals surface area contributed by atoms with E-state index in [9.17, 15) is 14.3 Å². The molecule has 4 rings (SSSR count). The fraction of sp³-hybridized carbons (Fsp3) is 0.480. The highest BCUT2D eigenvalue weighted by atomic mass is 35.5. The normalized spacial score (nSPS) is 26.2. The summed E-state index contributed by atoms with van der Waals surface area (Å²) in [5.74, 6) is -0.441. The average molecular weight is 477 g/mol. The van der Waals surface area contributed by atoms with E-state index in [0.29, 0.717) is 24.7 Å². The van der Waals surface area contributed by atoms with Crippen LogP contribution in [0, 0.1) is 5.82 Å². The lowest BCUT2D eigenvalue weighted by Gasteiger charge is -2.44. The molecular formula is C25H30ClFN2O4. The van der Waals surface area contributed by atoms with Gasteiger partial charge in [-0.1, -0.05) is 35.9 Å². The molecule has 2 heterocycles. The van der Waals surface area contributed by atoms with Crippen LogP contribution in [-0.2, 0) is 27.4 Å². The van der Waals surface area contributed by atoms with Crippen molar-refractivity contribution in [3.05, 3.63) is 70.5 Å². The molecule has 2 saturated heterocycles. The van der Waals surface area contributed by atoms with E-state index in [1.807, 2.05) is 24.3 Å². The van der Waals surface area contributed by atoms with E-state index in [0.717, 1.165) is 24.0 Å². The lowest BCUT2D eigenvalue weighted by Crippen LogP contribution is -2.55. The van der Waals surface area contributed by atoms with Crippen LogP contribution in [-0.4, -0.2) is 60.0 Å². The predicted octanol–water partition coefficient (Wildman–Crippen LogP) is 3.29. The van der Waals surface area contributed by atoms with Crippen LogP contribution in [0.3, 0.4) is 0 Å². The number of rotatable bonds is 6. The molecule has 6 nitrogen and oxygen atoms in total. The minimum absolute atomic E-state index is 0.0854. The number of fused-ring (bicyclic) bond motifs is 1. The van der Waals surface area contributed by atoms with Gasteiger partial charge in [-0.15, -0.1) is 0 Å². The standard InChI is InChI=1S/C25H30ClFN2O4/c26-19-6-4-17(5-7-19)13-29-14-21(30)15-32-16-24-23(29)9-8-22(33-24)11-25(31)28-12-18-2-1-3-20(27)10-18/h1-7,10,21-24,30H,8-9,11-16H2,(H,28,31)/t21-,22+,23+,24-/m1/s1. The van der Waals surface area contributed by atoms with Crippen molar-refractivity contribution in [1.82, 2.24) is 10.2 Å². The highest BCUT2D eigenvalue weighted by Crippen LogP contribution is 2.29. The molecule has 0 aromatic heterocycles. The van der Waals surface area contributed by atoms with Gasteiger partial charge in [0, 0.05) is 30.7 Å². The van der Waals surface area contributed by atoms with Crippen molar-refractivity contribution in [3.8, 4) is 0 Å². The Bertz CT molecular complexity index is 929. The van der Waals surface area contributed by atoms with Crippen LogP contribution in [0.5, 0.6) is 0 Å². The first-order valence-corrected chi connectivity index (χ1v) is 11.7. The van der Waals surface area contributed by atoms with Crippen LogP contribution in [0.15, 0.2) is 48.5 Å². The summed E-state index contributed by atoms with van der Waals surface area (Å²) in [6.45, 7) is 2.08. The van der Waals surface area contributed by atoms with Crippen LogP contribution in [0.25, 0.3) is 0 Å². The van der Waals surface area contributed by atoms with Gasteiger partial charge in [-0.25, -0.2) is 4.39 Å². The number of aliphatic hydroxyl groups excluding tert-OH is 1. The molecule has 0 bridgehead atoms. The third kappa shape index (κ3) is 6.98. The lowest BCUT2D eigenvalue weighted by atomic mass is 9.94. The number of nitrogens with zero attached hydrogens (tertiary/aromatic N) is 1. The molecule has 8 heteroatoms. The minimum Gasteiger partial charge on any atom is -0.389 e. The molecule has 0 unspecified atom stereocenters. The van der Waals surface area contributed by atoms with Crippen molar-refractivity contribution in [3.63, 3.8) is 0 Å². The van der Waals surface area contributed by atoms with Gasteiger partial charge in [0.2, 0.25) is 5.91 Å². The third-order valence-electron chi connectivity index (χ3n) is 6.18. The van der Waals surface area contributed by atoms with Gasteiger partial charge in [0.05, 0.1) is 37.9 Å². The van der Waals surface area contributed by atoms with E-state index >= 15 is 0 Å². The van der Waals surface area contributed by atoms with Crippen molar-refractivity contribution in [2.24, 2.45) is 0 Å². The Hall–Kier alpha value is -2.03. The topological polar surface area (TPSA) is 71.0 Å². The highest BCUT2D eigenvalue weighted by Gasteiger charge is 2.38. The predicted molar refractivity (Wildman–Crippen MR) is 123 cm³/mol. The van der Waals surface area contributed by atoms with E-state index in [2.05, 4.69) is 10.2 Å². The summed E-state index contributed by atoms with van der Waals surface area (Å²) in [7, 11) is 0. The Morgan fingerprint density at radius 2 is 1.97 bits per heavy atom. The minimum atomic E-state index is -0.565. The number of nitrogens with one attached hydrogen (secondary N) is 1. The van der Waals surface area contributed by atoms with E-state index in [-0.39, 0.29) is 49.5 Å². The smallest absolute Gasteiger partial charge is 0.222 e. The van der Waals surface area contributed by atoms with Gasteiger partial charge < -0.3 is 19.9 Å². The van der Waals surface area contributed by atoms with Gasteiger partial charge >= 0.3 is 0 Å². The first-order valence-electron chi connectivity index (χ1n) is 11.4. The summed E-state index contributed by atoms with van der Waals surface area (Å²) in [5, 5.41) is 13.9. The first-order chi connectivity index (χ1) is 16.0. The SMILES string of the molecule is O=C(C[C@@H]1CC[C@H]2[C@@H](COC[C@H](O)CN2Cc2ccc(Cl)cc2)O1)NCc1cccc(F)c1. The zero-order valence-corrected chi connectivity index (χ0v) is 19.2. The average Bonchev–Trinajstić information content (AvgIpc) is 2.78. The zero-order valence-electron chi connectivity index (χ0n) is 18.5. The largest absolute Gasteiger partial charge is 0.389 e. The van der Waals surface area contributed by atoms with Crippen LogP contribution < -0.4 is 5.32 Å². The number of aliphatic hydroxyl groups is 1. The Balaban J connectivity index is 1.34. The second-order valence-corrected chi connectivity index (χ2v) is 9.24. The highest BCUT2D eigenvalue weighted by molar-refractivity contribution is 6.30. The number of ether oxygens (including phenoxy) is 2. The Labute approximate surface area is 198 Å². The van der Waals surface area contributed by atoms with Crippen molar-refractivity contribution in [2.45, 2.75) is 56.7 Å². The van der Waals surface area contributed by atoms with Crippen LogP contribution in [0.4, 0.5) is 4.39 Å². The van der Waals surface area contributed by atoms with Gasteiger partial charge in [0.1, 0.15) is 5.82 Å². The lowest BCUT2D eigenvalue weighted by molar-refractivity contribution is -0.158. The van der Waals surface area contributed by atoms with E-state index in [1.54, 1.807) is 12.1 Å². The molecule has 2 aliphatic rings. The summed E-state index contributed by atoms with van der Waals surface area (Å²) in [6.07, 6.45) is 0.879. The number of carbonyl (C=O) groups is 1. The molecule has 33 heavy (non-hydrogen) atoms. The van der Waals surface area contributed by atoms with Crippen molar-refractivity contribution >= 4 is 17.5 Å². The third-order valence-corrected chi connectivity index (χ3v) is 6.43. The van der Waals surface area contributed by atoms with Gasteiger partial charge in [0.25, 0.3) is 0 Å². The molecule has 0 saturated carbocycles. The fourth-order valence-electron chi connectivity index (χ4n) is 4.58. The second kappa shape index (κ2) is 11.4.